The normalized spacial score (nSPS) is 10.3. The van der Waals surface area contributed by atoms with Crippen LogP contribution in [0.1, 0.15) is 0 Å². The van der Waals surface area contributed by atoms with Gasteiger partial charge in [-0.3, -0.25) is 0 Å². The molecule has 0 spiro atoms. The van der Waals surface area contributed by atoms with E-state index in [-0.39, 0.29) is 0 Å². The summed E-state index contributed by atoms with van der Waals surface area (Å²) in [6.45, 7) is 0. The van der Waals surface area contributed by atoms with Gasteiger partial charge in [0.1, 0.15) is 5.82 Å². The van der Waals surface area contributed by atoms with Crippen LogP contribution in [-0.4, -0.2) is 9.97 Å². The monoisotopic (exact) mass is 375 g/mol. The van der Waals surface area contributed by atoms with Gasteiger partial charge in [-0.05, 0) is 34.7 Å². The summed E-state index contributed by atoms with van der Waals surface area (Å²) in [5.41, 5.74) is 6.68. The maximum Gasteiger partial charge on any atom is 0.161 e. The lowest BCUT2D eigenvalue weighted by Crippen LogP contribution is -1.98. The molecule has 0 fully saturated rings. The van der Waals surface area contributed by atoms with Crippen molar-refractivity contribution in [3.63, 3.8) is 0 Å². The van der Waals surface area contributed by atoms with Crippen molar-refractivity contribution >= 4 is 44.3 Å². The first-order chi connectivity index (χ1) is 7.16. The molecule has 0 radical (unpaired) electrons. The Hall–Kier alpha value is -0.690. The average molecular weight is 376 g/mol. The van der Waals surface area contributed by atoms with Crippen LogP contribution in [0.3, 0.4) is 0 Å². The standard InChI is InChI=1S/C10H7BrIN3/c11-7-3-1-2-6(4-7)10-14-5-8(12)9(13)15-10/h1-5H,(H2,13,14,15). The van der Waals surface area contributed by atoms with E-state index in [1.54, 1.807) is 6.20 Å². The Labute approximate surface area is 109 Å². The summed E-state index contributed by atoms with van der Waals surface area (Å²) < 4.78 is 1.87. The number of nitrogens with zero attached hydrogens (tertiary/aromatic N) is 2. The van der Waals surface area contributed by atoms with E-state index in [2.05, 4.69) is 48.5 Å². The van der Waals surface area contributed by atoms with Gasteiger partial charge >= 0.3 is 0 Å². The van der Waals surface area contributed by atoms with E-state index in [0.29, 0.717) is 11.6 Å². The minimum atomic E-state index is 0.514. The molecule has 0 amide bonds. The van der Waals surface area contributed by atoms with Gasteiger partial charge < -0.3 is 5.73 Å². The van der Waals surface area contributed by atoms with E-state index in [0.717, 1.165) is 13.6 Å². The van der Waals surface area contributed by atoms with E-state index in [1.165, 1.54) is 0 Å². The largest absolute Gasteiger partial charge is 0.383 e. The van der Waals surface area contributed by atoms with Crippen molar-refractivity contribution in [2.45, 2.75) is 0 Å². The lowest BCUT2D eigenvalue weighted by atomic mass is 10.2. The Morgan fingerprint density at radius 3 is 2.80 bits per heavy atom. The molecule has 2 rings (SSSR count). The van der Waals surface area contributed by atoms with E-state index in [1.807, 2.05) is 24.3 Å². The number of halogens is 2. The lowest BCUT2D eigenvalue weighted by molar-refractivity contribution is 1.17. The molecule has 76 valence electrons. The zero-order valence-electron chi connectivity index (χ0n) is 7.61. The molecule has 0 saturated heterocycles. The van der Waals surface area contributed by atoms with Crippen LogP contribution >= 0.6 is 38.5 Å². The highest BCUT2D eigenvalue weighted by Crippen LogP contribution is 2.21. The summed E-state index contributed by atoms with van der Waals surface area (Å²) >= 11 is 5.51. The third-order valence-corrected chi connectivity index (χ3v) is 3.18. The topological polar surface area (TPSA) is 51.8 Å². The smallest absolute Gasteiger partial charge is 0.161 e. The first-order valence-electron chi connectivity index (χ1n) is 4.21. The molecule has 0 bridgehead atoms. The molecule has 2 N–H and O–H groups in total. The fourth-order valence-electron chi connectivity index (χ4n) is 1.15. The predicted molar refractivity (Wildman–Crippen MR) is 72.3 cm³/mol. The fourth-order valence-corrected chi connectivity index (χ4v) is 1.81. The van der Waals surface area contributed by atoms with Gasteiger partial charge in [-0.15, -0.1) is 0 Å². The Morgan fingerprint density at radius 2 is 2.13 bits per heavy atom. The minimum absolute atomic E-state index is 0.514. The van der Waals surface area contributed by atoms with Gasteiger partial charge in [0, 0.05) is 16.2 Å². The zero-order chi connectivity index (χ0) is 10.8. The zero-order valence-corrected chi connectivity index (χ0v) is 11.4. The molecule has 5 heteroatoms. The molecule has 1 heterocycles. The first-order valence-corrected chi connectivity index (χ1v) is 6.08. The third-order valence-electron chi connectivity index (χ3n) is 1.85. The van der Waals surface area contributed by atoms with Crippen LogP contribution in [0.4, 0.5) is 5.82 Å². The molecular formula is C10H7BrIN3. The lowest BCUT2D eigenvalue weighted by Gasteiger charge is -2.02. The van der Waals surface area contributed by atoms with Crippen molar-refractivity contribution in [1.82, 2.24) is 9.97 Å². The van der Waals surface area contributed by atoms with Gasteiger partial charge in [-0.1, -0.05) is 28.1 Å². The van der Waals surface area contributed by atoms with Gasteiger partial charge in [0.15, 0.2) is 5.82 Å². The molecule has 0 aliphatic rings. The van der Waals surface area contributed by atoms with Crippen molar-refractivity contribution in [3.8, 4) is 11.4 Å². The van der Waals surface area contributed by atoms with E-state index >= 15 is 0 Å². The summed E-state index contributed by atoms with van der Waals surface area (Å²) in [4.78, 5) is 8.45. The number of nitrogen functional groups attached to an aromatic ring is 1. The van der Waals surface area contributed by atoms with Crippen molar-refractivity contribution in [2.24, 2.45) is 0 Å². The molecule has 0 aliphatic carbocycles. The number of benzene rings is 1. The summed E-state index contributed by atoms with van der Waals surface area (Å²) in [6, 6.07) is 7.81. The van der Waals surface area contributed by atoms with Crippen LogP contribution in [0.2, 0.25) is 0 Å². The van der Waals surface area contributed by atoms with Crippen LogP contribution in [0, 0.1) is 3.57 Å². The number of hydrogen-bond acceptors (Lipinski definition) is 3. The second-order valence-electron chi connectivity index (χ2n) is 2.94. The second kappa shape index (κ2) is 4.44. The molecule has 15 heavy (non-hydrogen) atoms. The van der Waals surface area contributed by atoms with Gasteiger partial charge in [-0.25, -0.2) is 9.97 Å². The minimum Gasteiger partial charge on any atom is -0.383 e. The molecule has 0 aliphatic heterocycles. The molecule has 1 aromatic carbocycles. The van der Waals surface area contributed by atoms with Crippen LogP contribution in [0.5, 0.6) is 0 Å². The van der Waals surface area contributed by atoms with Crippen LogP contribution < -0.4 is 5.73 Å². The van der Waals surface area contributed by atoms with E-state index < -0.39 is 0 Å². The summed E-state index contributed by atoms with van der Waals surface area (Å²) in [6.07, 6.45) is 1.72. The first kappa shape index (κ1) is 10.8. The van der Waals surface area contributed by atoms with Crippen molar-refractivity contribution in [1.29, 1.82) is 0 Å². The van der Waals surface area contributed by atoms with Crippen molar-refractivity contribution < 1.29 is 0 Å². The molecule has 1 aromatic heterocycles. The van der Waals surface area contributed by atoms with Crippen LogP contribution in [-0.2, 0) is 0 Å². The Balaban J connectivity index is 2.50. The highest BCUT2D eigenvalue weighted by atomic mass is 127. The van der Waals surface area contributed by atoms with Gasteiger partial charge in [0.05, 0.1) is 3.57 Å². The second-order valence-corrected chi connectivity index (χ2v) is 5.02. The van der Waals surface area contributed by atoms with Crippen LogP contribution in [0.15, 0.2) is 34.9 Å². The molecule has 0 unspecified atom stereocenters. The Morgan fingerprint density at radius 1 is 1.33 bits per heavy atom. The summed E-state index contributed by atoms with van der Waals surface area (Å²) in [5, 5.41) is 0. The maximum atomic E-state index is 5.73. The van der Waals surface area contributed by atoms with Crippen LogP contribution in [0.25, 0.3) is 11.4 Å². The molecular weight excluding hydrogens is 369 g/mol. The number of aromatic nitrogens is 2. The average Bonchev–Trinajstić information content (AvgIpc) is 2.22. The number of hydrogen-bond donors (Lipinski definition) is 1. The van der Waals surface area contributed by atoms with Gasteiger partial charge in [-0.2, -0.15) is 0 Å². The SMILES string of the molecule is Nc1nc(-c2cccc(Br)c2)ncc1I. The quantitative estimate of drug-likeness (QED) is 0.779. The van der Waals surface area contributed by atoms with E-state index in [9.17, 15) is 0 Å². The summed E-state index contributed by atoms with van der Waals surface area (Å²) in [7, 11) is 0. The molecule has 2 aromatic rings. The predicted octanol–water partition coefficient (Wildman–Crippen LogP) is 3.09. The van der Waals surface area contributed by atoms with Gasteiger partial charge in [0.25, 0.3) is 0 Å². The fraction of sp³-hybridized carbons (Fsp3) is 0. The van der Waals surface area contributed by atoms with Crippen molar-refractivity contribution in [2.75, 3.05) is 5.73 Å². The number of rotatable bonds is 1. The molecule has 0 saturated carbocycles. The van der Waals surface area contributed by atoms with Gasteiger partial charge in [0.2, 0.25) is 0 Å². The third kappa shape index (κ3) is 2.46. The molecule has 3 nitrogen and oxygen atoms in total. The number of nitrogens with two attached hydrogens (primary N) is 1. The highest BCUT2D eigenvalue weighted by Gasteiger charge is 2.04. The van der Waals surface area contributed by atoms with E-state index in [4.69, 9.17) is 5.73 Å². The Bertz CT molecular complexity index is 502. The number of anilines is 1. The Kier molecular flexibility index (Phi) is 3.20. The van der Waals surface area contributed by atoms with Crippen molar-refractivity contribution in [3.05, 3.63) is 38.5 Å². The summed E-state index contributed by atoms with van der Waals surface area (Å²) in [5.74, 6) is 1.16. The molecule has 0 atom stereocenters. The highest BCUT2D eigenvalue weighted by molar-refractivity contribution is 14.1. The maximum absolute atomic E-state index is 5.73.